The van der Waals surface area contributed by atoms with E-state index in [1.807, 2.05) is 36.4 Å². The quantitative estimate of drug-likeness (QED) is 0.612. The van der Waals surface area contributed by atoms with Crippen LogP contribution in [-0.4, -0.2) is 19.6 Å². The average molecular weight is 384 g/mol. The van der Waals surface area contributed by atoms with Crippen LogP contribution in [0.25, 0.3) is 0 Å². The summed E-state index contributed by atoms with van der Waals surface area (Å²) < 4.78 is 5.58. The minimum atomic E-state index is -0.356. The molecule has 0 bridgehead atoms. The Bertz CT molecular complexity index is 679. The van der Waals surface area contributed by atoms with Crippen LogP contribution in [0.2, 0.25) is 5.02 Å². The van der Waals surface area contributed by atoms with Gasteiger partial charge in [0.25, 0.3) is 0 Å². The van der Waals surface area contributed by atoms with Crippen LogP contribution in [-0.2, 0) is 9.53 Å². The summed E-state index contributed by atoms with van der Waals surface area (Å²) in [7, 11) is 1.35. The minimum Gasteiger partial charge on any atom is -0.468 e. The minimum absolute atomic E-state index is 0.0539. The first-order valence-corrected chi connectivity index (χ1v) is 7.79. The molecule has 0 aromatic heterocycles. The normalized spacial score (nSPS) is 12.0. The van der Waals surface area contributed by atoms with Crippen LogP contribution in [0, 0.1) is 0 Å². The van der Waals surface area contributed by atoms with E-state index in [0.717, 1.165) is 15.6 Å². The molecule has 3 N–H and O–H groups in total. The predicted molar refractivity (Wildman–Crippen MR) is 91.9 cm³/mol. The summed E-state index contributed by atoms with van der Waals surface area (Å²) in [5, 5.41) is 3.75. The van der Waals surface area contributed by atoms with Crippen molar-refractivity contribution in [3.05, 3.63) is 63.1 Å². The number of nitrogens with two attached hydrogens (primary N) is 1. The number of benzene rings is 2. The predicted octanol–water partition coefficient (Wildman–Crippen LogP) is 3.54. The van der Waals surface area contributed by atoms with Crippen molar-refractivity contribution in [1.82, 2.24) is 5.32 Å². The Morgan fingerprint density at radius 3 is 2.73 bits per heavy atom. The molecule has 1 unspecified atom stereocenters. The lowest BCUT2D eigenvalue weighted by Gasteiger charge is -2.22. The SMILES string of the molecule is COC(=O)CNC(c1cc(Br)ccc1N)c1ccccc1Cl. The topological polar surface area (TPSA) is 64.3 Å². The van der Waals surface area contributed by atoms with Gasteiger partial charge in [0.2, 0.25) is 0 Å². The average Bonchev–Trinajstić information content (AvgIpc) is 2.52. The number of hydrogen-bond donors (Lipinski definition) is 2. The van der Waals surface area contributed by atoms with Crippen LogP contribution in [0.5, 0.6) is 0 Å². The molecule has 0 aliphatic carbocycles. The fraction of sp³-hybridized carbons (Fsp3) is 0.188. The molecule has 6 heteroatoms. The largest absolute Gasteiger partial charge is 0.468 e. The van der Waals surface area contributed by atoms with Crippen LogP contribution in [0.4, 0.5) is 5.69 Å². The number of nitrogens with one attached hydrogen (secondary N) is 1. The highest BCUT2D eigenvalue weighted by Crippen LogP contribution is 2.32. The third-order valence-corrected chi connectivity index (χ3v) is 4.09. The summed E-state index contributed by atoms with van der Waals surface area (Å²) in [6.45, 7) is 0.0539. The van der Waals surface area contributed by atoms with Crippen molar-refractivity contribution in [1.29, 1.82) is 0 Å². The van der Waals surface area contributed by atoms with Gasteiger partial charge in [-0.2, -0.15) is 0 Å². The number of ether oxygens (including phenoxy) is 1. The first-order valence-electron chi connectivity index (χ1n) is 6.62. The van der Waals surface area contributed by atoms with Gasteiger partial charge in [0.05, 0.1) is 19.7 Å². The number of esters is 1. The van der Waals surface area contributed by atoms with Crippen molar-refractivity contribution in [2.75, 3.05) is 19.4 Å². The summed E-state index contributed by atoms with van der Waals surface area (Å²) >= 11 is 9.74. The zero-order chi connectivity index (χ0) is 16.1. The summed E-state index contributed by atoms with van der Waals surface area (Å²) in [6.07, 6.45) is 0. The van der Waals surface area contributed by atoms with Gasteiger partial charge < -0.3 is 10.5 Å². The summed E-state index contributed by atoms with van der Waals surface area (Å²) in [5.74, 6) is -0.356. The van der Waals surface area contributed by atoms with Gasteiger partial charge in [-0.1, -0.05) is 45.7 Å². The molecular formula is C16H16BrClN2O2. The first kappa shape index (κ1) is 16.8. The Hall–Kier alpha value is -1.56. The van der Waals surface area contributed by atoms with Crippen LogP contribution >= 0.6 is 27.5 Å². The number of nitrogen functional groups attached to an aromatic ring is 1. The standard InChI is InChI=1S/C16H16BrClN2O2/c1-22-15(21)9-20-16(11-4-2-3-5-13(11)18)12-8-10(17)6-7-14(12)19/h2-8,16,20H,9,19H2,1H3. The van der Waals surface area contributed by atoms with E-state index < -0.39 is 0 Å². The van der Waals surface area contributed by atoms with Crippen LogP contribution < -0.4 is 11.1 Å². The molecule has 0 fully saturated rings. The van der Waals surface area contributed by atoms with E-state index in [4.69, 9.17) is 17.3 Å². The van der Waals surface area contributed by atoms with Crippen LogP contribution in [0.15, 0.2) is 46.9 Å². The lowest BCUT2D eigenvalue weighted by atomic mass is 9.97. The molecule has 4 nitrogen and oxygen atoms in total. The van der Waals surface area contributed by atoms with E-state index in [-0.39, 0.29) is 18.6 Å². The molecule has 22 heavy (non-hydrogen) atoms. The molecule has 116 valence electrons. The van der Waals surface area contributed by atoms with E-state index in [1.165, 1.54) is 7.11 Å². The third-order valence-electron chi connectivity index (χ3n) is 3.25. The zero-order valence-electron chi connectivity index (χ0n) is 12.0. The van der Waals surface area contributed by atoms with E-state index in [9.17, 15) is 4.79 Å². The van der Waals surface area contributed by atoms with Gasteiger partial charge in [0, 0.05) is 15.2 Å². The number of carbonyl (C=O) groups excluding carboxylic acids is 1. The Kier molecular flexibility index (Phi) is 5.83. The third kappa shape index (κ3) is 4.00. The smallest absolute Gasteiger partial charge is 0.319 e. The molecule has 1 atom stereocenters. The Morgan fingerprint density at radius 1 is 1.32 bits per heavy atom. The second-order valence-electron chi connectivity index (χ2n) is 4.68. The highest BCUT2D eigenvalue weighted by molar-refractivity contribution is 9.10. The van der Waals surface area contributed by atoms with Gasteiger partial charge in [0.15, 0.2) is 0 Å². The molecule has 2 rings (SSSR count). The van der Waals surface area contributed by atoms with Crippen LogP contribution in [0.3, 0.4) is 0 Å². The van der Waals surface area contributed by atoms with Gasteiger partial charge in [-0.25, -0.2) is 0 Å². The molecule has 0 saturated carbocycles. The van der Waals surface area contributed by atoms with Crippen molar-refractivity contribution < 1.29 is 9.53 Å². The summed E-state index contributed by atoms with van der Waals surface area (Å²) in [5.41, 5.74) is 8.40. The maximum atomic E-state index is 11.5. The summed E-state index contributed by atoms with van der Waals surface area (Å²) in [6, 6.07) is 12.7. The maximum absolute atomic E-state index is 11.5. The molecule has 0 amide bonds. The second kappa shape index (κ2) is 7.63. The number of halogens is 2. The lowest BCUT2D eigenvalue weighted by molar-refractivity contribution is -0.139. The number of methoxy groups -OCH3 is 1. The van der Waals surface area contributed by atoms with Gasteiger partial charge >= 0.3 is 5.97 Å². The molecule has 0 spiro atoms. The van der Waals surface area contributed by atoms with E-state index in [2.05, 4.69) is 26.0 Å². The fourth-order valence-corrected chi connectivity index (χ4v) is 2.77. The highest BCUT2D eigenvalue weighted by Gasteiger charge is 2.20. The van der Waals surface area contributed by atoms with E-state index in [0.29, 0.717) is 10.7 Å². The number of rotatable bonds is 5. The Labute approximate surface area is 142 Å². The molecule has 0 saturated heterocycles. The monoisotopic (exact) mass is 382 g/mol. The van der Waals surface area contributed by atoms with E-state index in [1.54, 1.807) is 6.07 Å². The van der Waals surface area contributed by atoms with Crippen molar-refractivity contribution in [2.45, 2.75) is 6.04 Å². The molecule has 0 aliphatic heterocycles. The molecule has 2 aromatic carbocycles. The van der Waals surface area contributed by atoms with Crippen LogP contribution in [0.1, 0.15) is 17.2 Å². The zero-order valence-corrected chi connectivity index (χ0v) is 14.3. The van der Waals surface area contributed by atoms with Gasteiger partial charge in [-0.15, -0.1) is 0 Å². The lowest BCUT2D eigenvalue weighted by Crippen LogP contribution is -2.29. The van der Waals surface area contributed by atoms with Gasteiger partial charge in [-0.05, 0) is 35.4 Å². The van der Waals surface area contributed by atoms with Gasteiger partial charge in [-0.3, -0.25) is 10.1 Å². The molecule has 0 heterocycles. The maximum Gasteiger partial charge on any atom is 0.319 e. The highest BCUT2D eigenvalue weighted by atomic mass is 79.9. The fourth-order valence-electron chi connectivity index (χ4n) is 2.15. The van der Waals surface area contributed by atoms with Crippen molar-refractivity contribution in [3.8, 4) is 0 Å². The molecule has 2 aromatic rings. The second-order valence-corrected chi connectivity index (χ2v) is 6.01. The van der Waals surface area contributed by atoms with Crippen molar-refractivity contribution in [3.63, 3.8) is 0 Å². The van der Waals surface area contributed by atoms with Gasteiger partial charge in [0.1, 0.15) is 0 Å². The number of anilines is 1. The van der Waals surface area contributed by atoms with Crippen molar-refractivity contribution >= 4 is 39.2 Å². The first-order chi connectivity index (χ1) is 10.5. The molecule has 0 aliphatic rings. The number of hydrogen-bond acceptors (Lipinski definition) is 4. The van der Waals surface area contributed by atoms with Crippen molar-refractivity contribution in [2.24, 2.45) is 0 Å². The number of carbonyl (C=O) groups is 1. The van der Waals surface area contributed by atoms with E-state index >= 15 is 0 Å². The molecule has 0 radical (unpaired) electrons. The Morgan fingerprint density at radius 2 is 2.05 bits per heavy atom. The Balaban J connectivity index is 2.43. The molecular weight excluding hydrogens is 368 g/mol. The summed E-state index contributed by atoms with van der Waals surface area (Å²) in [4.78, 5) is 11.5.